The smallest absolute Gasteiger partial charge is 0.356 e. The second kappa shape index (κ2) is 11.5. The van der Waals surface area contributed by atoms with E-state index in [2.05, 4.69) is 28.9 Å². The lowest BCUT2D eigenvalue weighted by Crippen LogP contribution is -2.31. The molecule has 1 aliphatic carbocycles. The lowest BCUT2D eigenvalue weighted by Gasteiger charge is -2.30. The van der Waals surface area contributed by atoms with Gasteiger partial charge in [0.05, 0.1) is 16.8 Å². The van der Waals surface area contributed by atoms with Crippen molar-refractivity contribution in [3.8, 4) is 0 Å². The Morgan fingerprint density at radius 3 is 2.41 bits per heavy atom. The second-order valence-electron chi connectivity index (χ2n) is 10.7. The van der Waals surface area contributed by atoms with Crippen molar-refractivity contribution in [2.45, 2.75) is 65.7 Å². The average Bonchev–Trinajstić information content (AvgIpc) is 3.57. The lowest BCUT2D eigenvalue weighted by atomic mass is 10.0. The van der Waals surface area contributed by atoms with Gasteiger partial charge in [0.1, 0.15) is 5.82 Å². The third kappa shape index (κ3) is 6.55. The molecule has 0 amide bonds. The van der Waals surface area contributed by atoms with E-state index in [1.807, 2.05) is 36.6 Å². The molecule has 0 unspecified atom stereocenters. The predicted molar refractivity (Wildman–Crippen MR) is 155 cm³/mol. The van der Waals surface area contributed by atoms with E-state index in [1.54, 1.807) is 6.92 Å². The summed E-state index contributed by atoms with van der Waals surface area (Å²) >= 11 is 1.52. The number of nitrogens with zero attached hydrogens (tertiary/aromatic N) is 4. The summed E-state index contributed by atoms with van der Waals surface area (Å²) < 4.78 is 40.9. The van der Waals surface area contributed by atoms with E-state index in [-0.39, 0.29) is 0 Å². The fourth-order valence-electron chi connectivity index (χ4n) is 5.63. The Kier molecular flexibility index (Phi) is 8.12. The molecule has 4 nitrogen and oxygen atoms in total. The summed E-state index contributed by atoms with van der Waals surface area (Å²) in [5.41, 5.74) is 3.50. The summed E-state index contributed by atoms with van der Waals surface area (Å²) in [5.74, 6) is 1.62. The van der Waals surface area contributed by atoms with Gasteiger partial charge in [-0.25, -0.2) is 9.97 Å². The number of aryl methyl sites for hydroxylation is 2. The average molecular weight is 553 g/mol. The lowest BCUT2D eigenvalue weighted by molar-refractivity contribution is -0.137. The molecule has 2 heterocycles. The fraction of sp³-hybridized carbons (Fsp3) is 0.419. The Morgan fingerprint density at radius 1 is 0.949 bits per heavy atom. The number of fused-ring (bicyclic) bond motifs is 1. The van der Waals surface area contributed by atoms with E-state index in [9.17, 15) is 13.2 Å². The fourth-order valence-corrected chi connectivity index (χ4v) is 6.43. The summed E-state index contributed by atoms with van der Waals surface area (Å²) in [6, 6.07) is 14.6. The third-order valence-electron chi connectivity index (χ3n) is 7.49. The SMILES string of the molecule is CCN(CC1CCCC1)c1nc2ccccc2cc1CN(Cc1cc(C)cc(C(F)(F)F)c1)c1nc(C)cs1. The van der Waals surface area contributed by atoms with Crippen LogP contribution in [-0.2, 0) is 19.3 Å². The van der Waals surface area contributed by atoms with E-state index >= 15 is 0 Å². The molecule has 0 aliphatic heterocycles. The zero-order valence-electron chi connectivity index (χ0n) is 22.8. The van der Waals surface area contributed by atoms with Crippen molar-refractivity contribution in [2.75, 3.05) is 22.9 Å². The van der Waals surface area contributed by atoms with Gasteiger partial charge in [-0.2, -0.15) is 13.2 Å². The summed E-state index contributed by atoms with van der Waals surface area (Å²) in [5, 5.41) is 3.83. The van der Waals surface area contributed by atoms with Gasteiger partial charge in [0.25, 0.3) is 0 Å². The minimum Gasteiger partial charge on any atom is -0.356 e. The summed E-state index contributed by atoms with van der Waals surface area (Å²) in [6.07, 6.45) is 0.681. The van der Waals surface area contributed by atoms with Crippen molar-refractivity contribution >= 4 is 33.2 Å². The molecule has 2 aromatic heterocycles. The van der Waals surface area contributed by atoms with Crippen LogP contribution in [0.3, 0.4) is 0 Å². The highest BCUT2D eigenvalue weighted by Crippen LogP contribution is 2.34. The number of pyridine rings is 1. The van der Waals surface area contributed by atoms with Crippen LogP contribution in [0.15, 0.2) is 53.9 Å². The monoisotopic (exact) mass is 552 g/mol. The van der Waals surface area contributed by atoms with Crippen molar-refractivity contribution in [1.29, 1.82) is 0 Å². The number of thiazole rings is 1. The highest BCUT2D eigenvalue weighted by atomic mass is 32.1. The van der Waals surface area contributed by atoms with Crippen LogP contribution in [0.1, 0.15) is 60.6 Å². The van der Waals surface area contributed by atoms with Gasteiger partial charge in [0.15, 0.2) is 5.13 Å². The van der Waals surface area contributed by atoms with Crippen LogP contribution >= 0.6 is 11.3 Å². The molecule has 0 N–H and O–H groups in total. The first-order chi connectivity index (χ1) is 18.7. The zero-order chi connectivity index (χ0) is 27.6. The van der Waals surface area contributed by atoms with Crippen molar-refractivity contribution < 1.29 is 13.2 Å². The Bertz CT molecular complexity index is 1430. The number of alkyl halides is 3. The quantitative estimate of drug-likeness (QED) is 0.208. The second-order valence-corrected chi connectivity index (χ2v) is 11.5. The van der Waals surface area contributed by atoms with Crippen LogP contribution in [0, 0.1) is 19.8 Å². The molecule has 4 aromatic rings. The van der Waals surface area contributed by atoms with Crippen molar-refractivity contribution in [3.05, 3.63) is 81.9 Å². The van der Waals surface area contributed by atoms with Crippen LogP contribution in [0.2, 0.25) is 0 Å². The molecule has 206 valence electrons. The maximum Gasteiger partial charge on any atom is 0.416 e. The van der Waals surface area contributed by atoms with Crippen molar-refractivity contribution in [2.24, 2.45) is 5.92 Å². The maximum atomic E-state index is 13.6. The number of halogens is 3. The van der Waals surface area contributed by atoms with E-state index in [1.165, 1.54) is 49.2 Å². The predicted octanol–water partition coefficient (Wildman–Crippen LogP) is 8.55. The number of hydrogen-bond acceptors (Lipinski definition) is 5. The molecule has 1 saturated carbocycles. The minimum atomic E-state index is -4.39. The summed E-state index contributed by atoms with van der Waals surface area (Å²) in [4.78, 5) is 14.3. The van der Waals surface area contributed by atoms with E-state index < -0.39 is 11.7 Å². The van der Waals surface area contributed by atoms with Crippen molar-refractivity contribution in [1.82, 2.24) is 9.97 Å². The van der Waals surface area contributed by atoms with Crippen LogP contribution in [0.25, 0.3) is 10.9 Å². The Morgan fingerprint density at radius 2 is 1.72 bits per heavy atom. The van der Waals surface area contributed by atoms with Gasteiger partial charge in [0.2, 0.25) is 0 Å². The Balaban J connectivity index is 1.55. The molecule has 0 spiro atoms. The molecule has 1 fully saturated rings. The molecule has 0 saturated heterocycles. The van der Waals surface area contributed by atoms with Gasteiger partial charge in [-0.15, -0.1) is 11.3 Å². The first kappa shape index (κ1) is 27.4. The van der Waals surface area contributed by atoms with Crippen LogP contribution in [0.4, 0.5) is 24.1 Å². The first-order valence-electron chi connectivity index (χ1n) is 13.7. The summed E-state index contributed by atoms with van der Waals surface area (Å²) in [6.45, 7) is 8.45. The maximum absolute atomic E-state index is 13.6. The molecule has 0 bridgehead atoms. The van der Waals surface area contributed by atoms with Gasteiger partial charge < -0.3 is 9.80 Å². The number of rotatable bonds is 9. The highest BCUT2D eigenvalue weighted by molar-refractivity contribution is 7.13. The topological polar surface area (TPSA) is 32.3 Å². The number of hydrogen-bond donors (Lipinski definition) is 0. The molecule has 5 rings (SSSR count). The van der Waals surface area contributed by atoms with Crippen molar-refractivity contribution in [3.63, 3.8) is 0 Å². The number of benzene rings is 2. The molecular weight excluding hydrogens is 517 g/mol. The first-order valence-corrected chi connectivity index (χ1v) is 14.6. The Labute approximate surface area is 232 Å². The highest BCUT2D eigenvalue weighted by Gasteiger charge is 2.31. The molecule has 8 heteroatoms. The molecule has 0 radical (unpaired) electrons. The van der Waals surface area contributed by atoms with Crippen LogP contribution in [-0.4, -0.2) is 23.1 Å². The number of aromatic nitrogens is 2. The molecular formula is C31H35F3N4S. The van der Waals surface area contributed by atoms with Gasteiger partial charge in [-0.3, -0.25) is 0 Å². The van der Waals surface area contributed by atoms with Crippen LogP contribution < -0.4 is 9.80 Å². The van der Waals surface area contributed by atoms with E-state index in [0.717, 1.165) is 46.2 Å². The van der Waals surface area contributed by atoms with Gasteiger partial charge in [-0.1, -0.05) is 42.7 Å². The van der Waals surface area contributed by atoms with Gasteiger partial charge in [0, 0.05) is 42.5 Å². The van der Waals surface area contributed by atoms with Gasteiger partial charge >= 0.3 is 6.18 Å². The molecule has 2 aromatic carbocycles. The molecule has 1 aliphatic rings. The van der Waals surface area contributed by atoms with E-state index in [4.69, 9.17) is 9.97 Å². The number of anilines is 2. The zero-order valence-corrected chi connectivity index (χ0v) is 23.6. The normalized spacial score (nSPS) is 14.3. The minimum absolute atomic E-state index is 0.318. The molecule has 0 atom stereocenters. The van der Waals surface area contributed by atoms with Gasteiger partial charge in [-0.05, 0) is 69.4 Å². The van der Waals surface area contributed by atoms with E-state index in [0.29, 0.717) is 30.1 Å². The Hall–Kier alpha value is -3.13. The standard InChI is InChI=1S/C31H35F3N4S/c1-4-37(17-23-9-5-6-10-23)29-26(16-25-11-7-8-12-28(25)36-29)19-38(30-35-22(3)20-39-30)18-24-13-21(2)14-27(15-24)31(32,33)34/h7-8,11-16,20,23H,4-6,9-10,17-19H2,1-3H3. The third-order valence-corrected chi connectivity index (χ3v) is 8.51. The van der Waals surface area contributed by atoms with Crippen LogP contribution in [0.5, 0.6) is 0 Å². The molecule has 39 heavy (non-hydrogen) atoms. The number of para-hydroxylation sites is 1. The summed E-state index contributed by atoms with van der Waals surface area (Å²) in [7, 11) is 0. The largest absolute Gasteiger partial charge is 0.416 e.